The maximum absolute atomic E-state index is 13.9. The van der Waals surface area contributed by atoms with E-state index in [1.165, 1.54) is 30.2 Å². The molecule has 3 rings (SSSR count). The first-order valence-corrected chi connectivity index (χ1v) is 7.70. The Hall–Kier alpha value is -1.68. The Kier molecular flexibility index (Phi) is 4.06. The zero-order valence-electron chi connectivity index (χ0n) is 12.5. The second-order valence-electron chi connectivity index (χ2n) is 5.86. The zero-order chi connectivity index (χ0) is 14.8. The maximum atomic E-state index is 13.9. The van der Waals surface area contributed by atoms with Gasteiger partial charge in [-0.2, -0.15) is 5.10 Å². The van der Waals surface area contributed by atoms with Crippen LogP contribution >= 0.6 is 0 Å². The molecular weight excluding hydrogens is 265 g/mol. The summed E-state index contributed by atoms with van der Waals surface area (Å²) in [7, 11) is 0. The molecule has 1 aliphatic rings. The number of nitrogens with two attached hydrogens (primary N) is 1. The fraction of sp³-hybridized carbons (Fsp3) is 0.471. The van der Waals surface area contributed by atoms with Crippen LogP contribution in [0.2, 0.25) is 0 Å². The quantitative estimate of drug-likeness (QED) is 0.938. The third-order valence-corrected chi connectivity index (χ3v) is 4.45. The van der Waals surface area contributed by atoms with E-state index in [4.69, 9.17) is 5.73 Å². The van der Waals surface area contributed by atoms with Crippen LogP contribution in [0.1, 0.15) is 47.7 Å². The van der Waals surface area contributed by atoms with Gasteiger partial charge in [0.2, 0.25) is 0 Å². The number of rotatable bonds is 4. The average Bonchev–Trinajstić information content (AvgIpc) is 2.79. The highest BCUT2D eigenvalue weighted by molar-refractivity contribution is 5.33. The first-order chi connectivity index (χ1) is 10.2. The monoisotopic (exact) mass is 287 g/mol. The Labute approximate surface area is 125 Å². The van der Waals surface area contributed by atoms with Crippen LogP contribution in [0.25, 0.3) is 0 Å². The molecule has 21 heavy (non-hydrogen) atoms. The van der Waals surface area contributed by atoms with Gasteiger partial charge in [-0.15, -0.1) is 0 Å². The lowest BCUT2D eigenvalue weighted by Crippen LogP contribution is -2.16. The van der Waals surface area contributed by atoms with Crippen molar-refractivity contribution in [3.8, 4) is 0 Å². The van der Waals surface area contributed by atoms with Gasteiger partial charge in [-0.1, -0.05) is 18.2 Å². The summed E-state index contributed by atoms with van der Waals surface area (Å²) >= 11 is 0. The fourth-order valence-corrected chi connectivity index (χ4v) is 3.51. The van der Waals surface area contributed by atoms with E-state index < -0.39 is 0 Å². The molecule has 0 saturated heterocycles. The minimum Gasteiger partial charge on any atom is -0.330 e. The minimum absolute atomic E-state index is 0.159. The Bertz CT molecular complexity index is 633. The van der Waals surface area contributed by atoms with E-state index in [1.54, 1.807) is 6.07 Å². The first kappa shape index (κ1) is 14.3. The van der Waals surface area contributed by atoms with E-state index in [1.807, 2.05) is 16.8 Å². The van der Waals surface area contributed by atoms with Crippen molar-refractivity contribution >= 4 is 0 Å². The fourth-order valence-electron chi connectivity index (χ4n) is 3.51. The molecule has 0 aliphatic heterocycles. The highest BCUT2D eigenvalue weighted by atomic mass is 19.1. The smallest absolute Gasteiger partial charge is 0.128 e. The molecule has 1 aromatic heterocycles. The molecule has 0 saturated carbocycles. The molecule has 0 radical (unpaired) electrons. The van der Waals surface area contributed by atoms with Crippen molar-refractivity contribution in [2.75, 3.05) is 6.54 Å². The molecule has 1 unspecified atom stereocenters. The van der Waals surface area contributed by atoms with Gasteiger partial charge in [0.05, 0.1) is 12.2 Å². The maximum Gasteiger partial charge on any atom is 0.128 e. The number of benzene rings is 1. The summed E-state index contributed by atoms with van der Waals surface area (Å²) in [6, 6.07) is 6.94. The third-order valence-electron chi connectivity index (χ3n) is 4.45. The van der Waals surface area contributed by atoms with Crippen molar-refractivity contribution in [3.63, 3.8) is 0 Å². The molecule has 2 aromatic rings. The van der Waals surface area contributed by atoms with Crippen molar-refractivity contribution in [2.45, 2.75) is 45.1 Å². The number of aryl methyl sites for hydroxylation is 1. The van der Waals surface area contributed by atoms with E-state index in [0.717, 1.165) is 18.5 Å². The van der Waals surface area contributed by atoms with Crippen LogP contribution in [0, 0.1) is 12.7 Å². The van der Waals surface area contributed by atoms with Crippen molar-refractivity contribution in [1.82, 2.24) is 9.78 Å². The molecule has 0 bridgehead atoms. The Morgan fingerprint density at radius 3 is 2.95 bits per heavy atom. The predicted molar refractivity (Wildman–Crippen MR) is 81.8 cm³/mol. The van der Waals surface area contributed by atoms with Crippen LogP contribution in [-0.4, -0.2) is 16.3 Å². The van der Waals surface area contributed by atoms with Crippen molar-refractivity contribution in [3.05, 3.63) is 52.6 Å². The molecule has 2 N–H and O–H groups in total. The lowest BCUT2D eigenvalue weighted by molar-refractivity contribution is 0.502. The molecule has 3 nitrogen and oxygen atoms in total. The average molecular weight is 287 g/mol. The SMILES string of the molecule is Cc1nn(Cc2ccccc2F)c2c1C(CCN)CCC2. The lowest BCUT2D eigenvalue weighted by atomic mass is 9.83. The summed E-state index contributed by atoms with van der Waals surface area (Å²) < 4.78 is 15.8. The van der Waals surface area contributed by atoms with E-state index in [2.05, 4.69) is 12.0 Å². The standard InChI is InChI=1S/C17H22FN3/c1-12-17-13(9-10-19)6-4-8-16(17)21(20-12)11-14-5-2-3-7-15(14)18/h2-3,5,7,13H,4,6,8-11,19H2,1H3. The lowest BCUT2D eigenvalue weighted by Gasteiger charge is -2.23. The van der Waals surface area contributed by atoms with E-state index in [9.17, 15) is 4.39 Å². The second kappa shape index (κ2) is 5.98. The minimum atomic E-state index is -0.159. The predicted octanol–water partition coefficient (Wildman–Crippen LogP) is 3.15. The summed E-state index contributed by atoms with van der Waals surface area (Å²) in [6.07, 6.45) is 4.40. The van der Waals surface area contributed by atoms with Crippen LogP contribution in [-0.2, 0) is 13.0 Å². The van der Waals surface area contributed by atoms with Gasteiger partial charge < -0.3 is 5.73 Å². The van der Waals surface area contributed by atoms with Gasteiger partial charge >= 0.3 is 0 Å². The molecule has 0 fully saturated rings. The number of hydrogen-bond acceptors (Lipinski definition) is 2. The molecular formula is C17H22FN3. The van der Waals surface area contributed by atoms with Gasteiger partial charge in [-0.25, -0.2) is 4.39 Å². The molecule has 112 valence electrons. The normalized spacial score (nSPS) is 17.8. The number of hydrogen-bond donors (Lipinski definition) is 1. The second-order valence-corrected chi connectivity index (χ2v) is 5.86. The summed E-state index contributed by atoms with van der Waals surface area (Å²) in [5.41, 5.74) is 10.2. The molecule has 1 atom stereocenters. The summed E-state index contributed by atoms with van der Waals surface area (Å²) in [4.78, 5) is 0. The van der Waals surface area contributed by atoms with Crippen LogP contribution in [0.4, 0.5) is 4.39 Å². The van der Waals surface area contributed by atoms with Crippen molar-refractivity contribution < 1.29 is 4.39 Å². The van der Waals surface area contributed by atoms with E-state index in [-0.39, 0.29) is 5.82 Å². The van der Waals surface area contributed by atoms with Crippen LogP contribution in [0.5, 0.6) is 0 Å². The molecule has 4 heteroatoms. The van der Waals surface area contributed by atoms with Gasteiger partial charge in [-0.05, 0) is 56.7 Å². The Morgan fingerprint density at radius 2 is 2.19 bits per heavy atom. The van der Waals surface area contributed by atoms with Gasteiger partial charge in [0.25, 0.3) is 0 Å². The molecule has 1 heterocycles. The van der Waals surface area contributed by atoms with Gasteiger partial charge in [0, 0.05) is 11.3 Å². The highest BCUT2D eigenvalue weighted by Crippen LogP contribution is 2.36. The summed E-state index contributed by atoms with van der Waals surface area (Å²) in [6.45, 7) is 3.28. The highest BCUT2D eigenvalue weighted by Gasteiger charge is 2.26. The largest absolute Gasteiger partial charge is 0.330 e. The topological polar surface area (TPSA) is 43.8 Å². The number of aromatic nitrogens is 2. The number of halogens is 1. The Balaban J connectivity index is 1.94. The number of fused-ring (bicyclic) bond motifs is 1. The molecule has 1 aliphatic carbocycles. The molecule has 1 aromatic carbocycles. The Morgan fingerprint density at radius 1 is 1.38 bits per heavy atom. The van der Waals surface area contributed by atoms with Crippen LogP contribution < -0.4 is 5.73 Å². The molecule has 0 spiro atoms. The zero-order valence-corrected chi connectivity index (χ0v) is 12.5. The third kappa shape index (κ3) is 2.72. The first-order valence-electron chi connectivity index (χ1n) is 7.70. The summed E-state index contributed by atoms with van der Waals surface area (Å²) in [5, 5.41) is 4.67. The van der Waals surface area contributed by atoms with E-state index in [0.29, 0.717) is 24.6 Å². The van der Waals surface area contributed by atoms with Crippen molar-refractivity contribution in [2.24, 2.45) is 5.73 Å². The summed E-state index contributed by atoms with van der Waals surface area (Å²) in [5.74, 6) is 0.363. The molecule has 0 amide bonds. The van der Waals surface area contributed by atoms with Gasteiger partial charge in [0.1, 0.15) is 5.82 Å². The van der Waals surface area contributed by atoms with E-state index >= 15 is 0 Å². The van der Waals surface area contributed by atoms with Crippen molar-refractivity contribution in [1.29, 1.82) is 0 Å². The number of nitrogens with zero attached hydrogens (tertiary/aromatic N) is 2. The van der Waals surface area contributed by atoms with Gasteiger partial charge in [-0.3, -0.25) is 4.68 Å². The van der Waals surface area contributed by atoms with Crippen LogP contribution in [0.3, 0.4) is 0 Å². The van der Waals surface area contributed by atoms with Crippen LogP contribution in [0.15, 0.2) is 24.3 Å². The van der Waals surface area contributed by atoms with Gasteiger partial charge in [0.15, 0.2) is 0 Å².